The molecular formula is C46H39N3. The summed E-state index contributed by atoms with van der Waals surface area (Å²) in [7, 11) is 2.16. The van der Waals surface area contributed by atoms with Crippen LogP contribution in [0.5, 0.6) is 0 Å². The lowest BCUT2D eigenvalue weighted by Gasteiger charge is -2.36. The summed E-state index contributed by atoms with van der Waals surface area (Å²) in [6.07, 6.45) is 7.65. The molecule has 0 saturated heterocycles. The number of para-hydroxylation sites is 3. The van der Waals surface area contributed by atoms with Crippen molar-refractivity contribution < 1.29 is 0 Å². The van der Waals surface area contributed by atoms with Crippen molar-refractivity contribution in [3.8, 4) is 27.9 Å². The third-order valence-corrected chi connectivity index (χ3v) is 11.0. The molecule has 2 N–H and O–H groups in total. The molecule has 1 heterocycles. The zero-order valence-electron chi connectivity index (χ0n) is 28.0. The molecule has 49 heavy (non-hydrogen) atoms. The molecule has 0 atom stereocenters. The van der Waals surface area contributed by atoms with Crippen LogP contribution in [0.2, 0.25) is 0 Å². The predicted octanol–water partition coefficient (Wildman–Crippen LogP) is 11.3. The van der Waals surface area contributed by atoms with Gasteiger partial charge in [-0.3, -0.25) is 0 Å². The minimum atomic E-state index is -0.309. The maximum absolute atomic E-state index is 6.66. The number of benzene rings is 6. The summed E-state index contributed by atoms with van der Waals surface area (Å²) in [5.41, 5.74) is 23.5. The Kier molecular flexibility index (Phi) is 6.84. The summed E-state index contributed by atoms with van der Waals surface area (Å²) in [4.78, 5) is 2.30. The van der Waals surface area contributed by atoms with Crippen LogP contribution in [0, 0.1) is 0 Å². The molecular weight excluding hydrogens is 595 g/mol. The van der Waals surface area contributed by atoms with Crippen molar-refractivity contribution in [2.24, 2.45) is 0 Å². The number of hydrogen-bond donors (Lipinski definition) is 1. The number of allylic oxidation sites excluding steroid dienone is 1. The predicted molar refractivity (Wildman–Crippen MR) is 207 cm³/mol. The van der Waals surface area contributed by atoms with Crippen LogP contribution in [0.4, 0.5) is 17.1 Å². The van der Waals surface area contributed by atoms with Crippen molar-refractivity contribution in [1.29, 1.82) is 0 Å². The number of anilines is 3. The van der Waals surface area contributed by atoms with E-state index in [1.807, 2.05) is 12.1 Å². The highest BCUT2D eigenvalue weighted by Gasteiger charge is 2.44. The number of aromatic nitrogens is 1. The highest BCUT2D eigenvalue weighted by Crippen LogP contribution is 2.57. The minimum absolute atomic E-state index is 0.309. The molecule has 0 bridgehead atoms. The van der Waals surface area contributed by atoms with Crippen molar-refractivity contribution in [1.82, 2.24) is 4.57 Å². The number of nitrogens with zero attached hydrogens (tertiary/aromatic N) is 2. The third-order valence-electron chi connectivity index (χ3n) is 11.0. The molecule has 0 amide bonds. The summed E-state index contributed by atoms with van der Waals surface area (Å²) in [5.74, 6) is 0. The van der Waals surface area contributed by atoms with E-state index in [4.69, 9.17) is 5.73 Å². The van der Waals surface area contributed by atoms with Gasteiger partial charge in [-0.15, -0.1) is 0 Å². The van der Waals surface area contributed by atoms with E-state index in [-0.39, 0.29) is 5.41 Å². The second-order valence-corrected chi connectivity index (χ2v) is 13.4. The smallest absolute Gasteiger partial charge is 0.0641 e. The number of hydrogen-bond acceptors (Lipinski definition) is 2. The van der Waals surface area contributed by atoms with Crippen molar-refractivity contribution in [3.05, 3.63) is 174 Å². The molecule has 1 aromatic heterocycles. The average Bonchev–Trinajstić information content (AvgIpc) is 3.65. The highest BCUT2D eigenvalue weighted by atomic mass is 15.1. The van der Waals surface area contributed by atoms with Crippen molar-refractivity contribution in [2.75, 3.05) is 17.7 Å². The van der Waals surface area contributed by atoms with Gasteiger partial charge in [-0.2, -0.15) is 0 Å². The fraction of sp³-hybridized carbons (Fsp3) is 0.130. The van der Waals surface area contributed by atoms with E-state index in [1.165, 1.54) is 66.8 Å². The third kappa shape index (κ3) is 4.35. The van der Waals surface area contributed by atoms with E-state index in [0.29, 0.717) is 0 Å². The molecule has 0 unspecified atom stereocenters. The van der Waals surface area contributed by atoms with Crippen molar-refractivity contribution in [3.63, 3.8) is 0 Å². The van der Waals surface area contributed by atoms with Gasteiger partial charge in [-0.1, -0.05) is 122 Å². The van der Waals surface area contributed by atoms with Crippen LogP contribution in [0.15, 0.2) is 146 Å². The van der Waals surface area contributed by atoms with Crippen LogP contribution < -0.4 is 10.6 Å². The molecule has 2 aliphatic rings. The van der Waals surface area contributed by atoms with Crippen LogP contribution in [0.3, 0.4) is 0 Å². The Labute approximate surface area is 288 Å². The molecule has 0 spiro atoms. The first-order chi connectivity index (χ1) is 24.1. The first-order valence-corrected chi connectivity index (χ1v) is 17.4. The molecule has 2 aliphatic carbocycles. The fourth-order valence-electron chi connectivity index (χ4n) is 8.73. The first kappa shape index (κ1) is 29.3. The van der Waals surface area contributed by atoms with Crippen molar-refractivity contribution in [2.45, 2.75) is 31.6 Å². The van der Waals surface area contributed by atoms with Crippen LogP contribution >= 0.6 is 0 Å². The lowest BCUT2D eigenvalue weighted by atomic mass is 9.69. The molecule has 9 rings (SSSR count). The highest BCUT2D eigenvalue weighted by molar-refractivity contribution is 5.96. The number of fused-ring (bicyclic) bond motifs is 6. The van der Waals surface area contributed by atoms with E-state index in [1.54, 1.807) is 0 Å². The zero-order valence-corrected chi connectivity index (χ0v) is 28.0. The van der Waals surface area contributed by atoms with Gasteiger partial charge in [0.15, 0.2) is 0 Å². The Balaban J connectivity index is 1.29. The van der Waals surface area contributed by atoms with Gasteiger partial charge in [-0.25, -0.2) is 0 Å². The maximum Gasteiger partial charge on any atom is 0.0641 e. The normalized spacial score (nSPS) is 14.0. The van der Waals surface area contributed by atoms with Gasteiger partial charge in [0.1, 0.15) is 0 Å². The molecule has 7 aromatic rings. The van der Waals surface area contributed by atoms with Gasteiger partial charge < -0.3 is 15.2 Å². The van der Waals surface area contributed by atoms with Gasteiger partial charge in [-0.05, 0) is 94.6 Å². The number of nitrogen functional groups attached to an aromatic ring is 1. The lowest BCUT2D eigenvalue weighted by molar-refractivity contribution is 0.609. The molecule has 0 saturated carbocycles. The molecule has 0 aliphatic heterocycles. The monoisotopic (exact) mass is 633 g/mol. The SMILES string of the molecule is CCC1(c2ccc(-c3ccc4c5c(n(-c6ccccc6)c4c3)CCC=C5)cc2N(C)c2ccccc2N)c2ccccc2-c2ccccc21. The van der Waals surface area contributed by atoms with Gasteiger partial charge >= 0.3 is 0 Å². The second-order valence-electron chi connectivity index (χ2n) is 13.4. The Bertz CT molecular complexity index is 2370. The Hall–Kier alpha value is -5.80. The lowest BCUT2D eigenvalue weighted by Crippen LogP contribution is -2.29. The summed E-state index contributed by atoms with van der Waals surface area (Å²) in [6.45, 7) is 2.33. The van der Waals surface area contributed by atoms with E-state index in [2.05, 4.69) is 163 Å². The van der Waals surface area contributed by atoms with E-state index in [9.17, 15) is 0 Å². The second kappa shape index (κ2) is 11.4. The van der Waals surface area contributed by atoms with Crippen LogP contribution in [0.1, 0.15) is 47.7 Å². The number of nitrogens with two attached hydrogens (primary N) is 1. The summed E-state index contributed by atoms with van der Waals surface area (Å²) in [6, 6.07) is 51.0. The summed E-state index contributed by atoms with van der Waals surface area (Å²) in [5, 5.41) is 1.30. The number of rotatable bonds is 6. The van der Waals surface area contributed by atoms with E-state index < -0.39 is 0 Å². The topological polar surface area (TPSA) is 34.2 Å². The summed E-state index contributed by atoms with van der Waals surface area (Å²) < 4.78 is 2.47. The quantitative estimate of drug-likeness (QED) is 0.185. The van der Waals surface area contributed by atoms with E-state index >= 15 is 0 Å². The molecule has 3 heteroatoms. The Morgan fingerprint density at radius 3 is 2.06 bits per heavy atom. The van der Waals surface area contributed by atoms with Crippen LogP contribution in [-0.2, 0) is 11.8 Å². The summed E-state index contributed by atoms with van der Waals surface area (Å²) >= 11 is 0. The molecule has 6 aromatic carbocycles. The van der Waals surface area contributed by atoms with Gasteiger partial charge in [0, 0.05) is 40.5 Å². The Morgan fingerprint density at radius 1 is 0.673 bits per heavy atom. The van der Waals surface area contributed by atoms with Gasteiger partial charge in [0.25, 0.3) is 0 Å². The maximum atomic E-state index is 6.66. The standard InChI is InChI=1S/C46H39N3/c1-3-46(38-20-10-7-17-34(38)35-18-8-11-21-39(35)46)40-28-26-32(30-45(40)48(2)43-24-14-12-22-41(43)47)31-25-27-37-36-19-9-13-23-42(36)49(44(37)29-31)33-15-5-4-6-16-33/h4-12,14-22,24-30H,3,13,23,47H2,1-2H3. The molecule has 0 radical (unpaired) electrons. The largest absolute Gasteiger partial charge is 0.397 e. The van der Waals surface area contributed by atoms with Gasteiger partial charge in [0.2, 0.25) is 0 Å². The van der Waals surface area contributed by atoms with Crippen LogP contribution in [-0.4, -0.2) is 11.6 Å². The fourth-order valence-corrected chi connectivity index (χ4v) is 8.73. The van der Waals surface area contributed by atoms with Crippen LogP contribution in [0.25, 0.3) is 44.9 Å². The minimum Gasteiger partial charge on any atom is -0.397 e. The van der Waals surface area contributed by atoms with Gasteiger partial charge in [0.05, 0.1) is 16.9 Å². The van der Waals surface area contributed by atoms with E-state index in [0.717, 1.165) is 36.3 Å². The Morgan fingerprint density at radius 2 is 1.33 bits per heavy atom. The average molecular weight is 634 g/mol. The molecule has 3 nitrogen and oxygen atoms in total. The first-order valence-electron chi connectivity index (χ1n) is 17.4. The molecule has 0 fully saturated rings. The van der Waals surface area contributed by atoms with Crippen molar-refractivity contribution >= 4 is 34.0 Å². The molecule has 238 valence electrons. The zero-order chi connectivity index (χ0) is 33.1.